The third-order valence-electron chi connectivity index (χ3n) is 8.67. The van der Waals surface area contributed by atoms with E-state index in [4.69, 9.17) is 14.2 Å². The van der Waals surface area contributed by atoms with Crippen molar-refractivity contribution in [3.05, 3.63) is 158 Å². The Kier molecular flexibility index (Phi) is 43.8. The number of carbonyl (C=O) groups excluding carboxylic acids is 3. The highest BCUT2D eigenvalue weighted by molar-refractivity contribution is 5.71. The molecule has 0 aliphatic carbocycles. The van der Waals surface area contributed by atoms with Crippen LogP contribution in [0.4, 0.5) is 0 Å². The monoisotopic (exact) mass is 837 g/mol. The van der Waals surface area contributed by atoms with Crippen LogP contribution < -0.4 is 0 Å². The van der Waals surface area contributed by atoms with Crippen LogP contribution in [0.1, 0.15) is 149 Å². The van der Waals surface area contributed by atoms with Crippen molar-refractivity contribution in [3.8, 4) is 0 Å². The number of ether oxygens (including phenoxy) is 3. The highest BCUT2D eigenvalue weighted by Crippen LogP contribution is 2.09. The Balaban J connectivity index is 4.62. The standard InChI is InChI=1S/C55H80O6/c1-4-7-10-13-16-19-21-23-25-27-29-31-33-36-39-42-45-48-54(57)60-51-52(50-59-53(56)47-44-41-38-35-18-15-12-9-6-3)61-55(58)49-46-43-40-37-34-32-30-28-26-24-22-20-17-14-11-8-5-2/h7-13,16-21,23-27,29-33,35,37,40,52H,4-6,14-15,22,28,34,36,38-39,41-51H2,1-3H3/b10-7-,11-8-,12-9-,16-13-,20-17-,21-19-,25-23-,26-24-,29-27+,32-30-,33-31-,35-18-,40-37-. The van der Waals surface area contributed by atoms with Crippen molar-refractivity contribution in [2.45, 2.75) is 155 Å². The van der Waals surface area contributed by atoms with Crippen LogP contribution in [0.5, 0.6) is 0 Å². The second-order valence-corrected chi connectivity index (χ2v) is 14.3. The number of unbranched alkanes of at least 4 members (excludes halogenated alkanes) is 6. The van der Waals surface area contributed by atoms with Crippen LogP contribution in [-0.4, -0.2) is 37.2 Å². The first-order chi connectivity index (χ1) is 30.0. The van der Waals surface area contributed by atoms with Gasteiger partial charge < -0.3 is 14.2 Å². The summed E-state index contributed by atoms with van der Waals surface area (Å²) in [6, 6.07) is 0. The Bertz CT molecular complexity index is 1470. The smallest absolute Gasteiger partial charge is 0.306 e. The molecule has 0 aromatic carbocycles. The summed E-state index contributed by atoms with van der Waals surface area (Å²) in [6.45, 7) is 6.08. The molecule has 0 aliphatic rings. The SMILES string of the molecule is CC\C=C/C=C\C=C/C=C\C=C\C=C/CCCCCC(=O)OCC(COC(=O)CCCC/C=C\C/C=C\CC)OC(=O)CCC/C=C\C/C=C\C/C=C\C/C=C\C/C=C\CC. The summed E-state index contributed by atoms with van der Waals surface area (Å²) >= 11 is 0. The summed E-state index contributed by atoms with van der Waals surface area (Å²) in [5.41, 5.74) is 0. The zero-order valence-corrected chi connectivity index (χ0v) is 38.1. The van der Waals surface area contributed by atoms with Crippen molar-refractivity contribution in [2.24, 2.45) is 0 Å². The molecular weight excluding hydrogens is 757 g/mol. The van der Waals surface area contributed by atoms with Crippen LogP contribution >= 0.6 is 0 Å². The van der Waals surface area contributed by atoms with E-state index in [2.05, 4.69) is 118 Å². The summed E-state index contributed by atoms with van der Waals surface area (Å²) in [4.78, 5) is 37.7. The Morgan fingerprint density at radius 3 is 1.16 bits per heavy atom. The van der Waals surface area contributed by atoms with E-state index in [9.17, 15) is 14.4 Å². The lowest BCUT2D eigenvalue weighted by atomic mass is 10.1. The molecule has 336 valence electrons. The largest absolute Gasteiger partial charge is 0.462 e. The zero-order chi connectivity index (χ0) is 44.4. The van der Waals surface area contributed by atoms with Crippen LogP contribution in [0.3, 0.4) is 0 Å². The van der Waals surface area contributed by atoms with Gasteiger partial charge in [-0.15, -0.1) is 0 Å². The minimum absolute atomic E-state index is 0.141. The molecule has 6 nitrogen and oxygen atoms in total. The van der Waals surface area contributed by atoms with Crippen LogP contribution in [0.2, 0.25) is 0 Å². The number of allylic oxidation sites excluding steroid dienone is 26. The summed E-state index contributed by atoms with van der Waals surface area (Å²) < 4.78 is 16.6. The van der Waals surface area contributed by atoms with Gasteiger partial charge in [0.1, 0.15) is 13.2 Å². The van der Waals surface area contributed by atoms with Gasteiger partial charge in [0.15, 0.2) is 6.10 Å². The van der Waals surface area contributed by atoms with E-state index in [1.807, 2.05) is 60.8 Å². The minimum atomic E-state index is -0.845. The highest BCUT2D eigenvalue weighted by Gasteiger charge is 2.19. The van der Waals surface area contributed by atoms with Gasteiger partial charge in [0, 0.05) is 19.3 Å². The molecule has 0 aromatic rings. The molecule has 0 saturated carbocycles. The van der Waals surface area contributed by atoms with Gasteiger partial charge in [0.25, 0.3) is 0 Å². The van der Waals surface area contributed by atoms with Crippen LogP contribution in [0.25, 0.3) is 0 Å². The van der Waals surface area contributed by atoms with Gasteiger partial charge in [-0.2, -0.15) is 0 Å². The second kappa shape index (κ2) is 47.7. The van der Waals surface area contributed by atoms with Crippen molar-refractivity contribution >= 4 is 17.9 Å². The van der Waals surface area contributed by atoms with Crippen molar-refractivity contribution in [1.82, 2.24) is 0 Å². The molecule has 0 rings (SSSR count). The third-order valence-corrected chi connectivity index (χ3v) is 8.67. The second-order valence-electron chi connectivity index (χ2n) is 14.3. The van der Waals surface area contributed by atoms with Crippen LogP contribution in [0.15, 0.2) is 158 Å². The zero-order valence-electron chi connectivity index (χ0n) is 38.1. The van der Waals surface area contributed by atoms with Gasteiger partial charge in [-0.05, 0) is 103 Å². The molecule has 0 aromatic heterocycles. The molecule has 0 radical (unpaired) electrons. The maximum Gasteiger partial charge on any atom is 0.306 e. The molecule has 1 atom stereocenters. The van der Waals surface area contributed by atoms with Gasteiger partial charge in [0.2, 0.25) is 0 Å². The average molecular weight is 837 g/mol. The Morgan fingerprint density at radius 2 is 0.689 bits per heavy atom. The Morgan fingerprint density at radius 1 is 0.344 bits per heavy atom. The fourth-order valence-electron chi connectivity index (χ4n) is 5.31. The number of carbonyl (C=O) groups is 3. The number of hydrogen-bond donors (Lipinski definition) is 0. The van der Waals surface area contributed by atoms with E-state index >= 15 is 0 Å². The lowest BCUT2D eigenvalue weighted by Crippen LogP contribution is -2.30. The fraction of sp³-hybridized carbons (Fsp3) is 0.473. The first kappa shape index (κ1) is 56.0. The summed E-state index contributed by atoms with van der Waals surface area (Å²) in [6.07, 6.45) is 69.5. The number of esters is 3. The van der Waals surface area contributed by atoms with Gasteiger partial charge in [-0.1, -0.05) is 185 Å². The minimum Gasteiger partial charge on any atom is -0.462 e. The molecule has 0 aliphatic heterocycles. The lowest BCUT2D eigenvalue weighted by molar-refractivity contribution is -0.167. The topological polar surface area (TPSA) is 78.9 Å². The van der Waals surface area contributed by atoms with Gasteiger partial charge in [-0.25, -0.2) is 0 Å². The molecule has 0 N–H and O–H groups in total. The maximum absolute atomic E-state index is 12.7. The number of rotatable bonds is 38. The first-order valence-corrected chi connectivity index (χ1v) is 23.1. The molecule has 6 heteroatoms. The predicted octanol–water partition coefficient (Wildman–Crippen LogP) is 15.1. The van der Waals surface area contributed by atoms with Gasteiger partial charge in [0.05, 0.1) is 0 Å². The van der Waals surface area contributed by atoms with Gasteiger partial charge >= 0.3 is 17.9 Å². The normalized spacial score (nSPS) is 13.6. The lowest BCUT2D eigenvalue weighted by Gasteiger charge is -2.18. The predicted molar refractivity (Wildman–Crippen MR) is 260 cm³/mol. The molecule has 0 spiro atoms. The van der Waals surface area contributed by atoms with E-state index in [-0.39, 0.29) is 44.4 Å². The average Bonchev–Trinajstić information content (AvgIpc) is 3.26. The molecule has 0 fully saturated rings. The van der Waals surface area contributed by atoms with Gasteiger partial charge in [-0.3, -0.25) is 14.4 Å². The highest BCUT2D eigenvalue weighted by atomic mass is 16.6. The van der Waals surface area contributed by atoms with E-state index in [1.165, 1.54) is 0 Å². The molecular formula is C55H80O6. The van der Waals surface area contributed by atoms with Crippen LogP contribution in [-0.2, 0) is 28.6 Å². The summed E-state index contributed by atoms with van der Waals surface area (Å²) in [5.74, 6) is -1.10. The maximum atomic E-state index is 12.7. The van der Waals surface area contributed by atoms with E-state index < -0.39 is 12.1 Å². The Labute approximate surface area is 371 Å². The fourth-order valence-corrected chi connectivity index (χ4v) is 5.31. The molecule has 0 saturated heterocycles. The van der Waals surface area contributed by atoms with E-state index in [0.717, 1.165) is 89.9 Å². The third kappa shape index (κ3) is 46.0. The number of hydrogen-bond acceptors (Lipinski definition) is 6. The Hall–Kier alpha value is -4.97. The van der Waals surface area contributed by atoms with Crippen molar-refractivity contribution in [2.75, 3.05) is 13.2 Å². The summed E-state index contributed by atoms with van der Waals surface area (Å²) in [7, 11) is 0. The molecule has 0 bridgehead atoms. The van der Waals surface area contributed by atoms with Crippen LogP contribution in [0, 0.1) is 0 Å². The molecule has 0 heterocycles. The molecule has 0 amide bonds. The quantitative estimate of drug-likeness (QED) is 0.0203. The van der Waals surface area contributed by atoms with Crippen molar-refractivity contribution in [1.29, 1.82) is 0 Å². The van der Waals surface area contributed by atoms with E-state index in [0.29, 0.717) is 19.3 Å². The molecule has 1 unspecified atom stereocenters. The molecule has 61 heavy (non-hydrogen) atoms. The summed E-state index contributed by atoms with van der Waals surface area (Å²) in [5, 5.41) is 0. The van der Waals surface area contributed by atoms with Crippen molar-refractivity contribution in [3.63, 3.8) is 0 Å². The van der Waals surface area contributed by atoms with E-state index in [1.54, 1.807) is 0 Å². The van der Waals surface area contributed by atoms with Crippen molar-refractivity contribution < 1.29 is 28.6 Å². The first-order valence-electron chi connectivity index (χ1n) is 23.1.